The summed E-state index contributed by atoms with van der Waals surface area (Å²) in [4.78, 5) is 0. The zero-order valence-corrected chi connectivity index (χ0v) is 18.3. The van der Waals surface area contributed by atoms with Crippen molar-refractivity contribution in [2.24, 2.45) is 0 Å². The van der Waals surface area contributed by atoms with Crippen molar-refractivity contribution in [3.05, 3.63) is 46.6 Å². The Morgan fingerprint density at radius 1 is 1.00 bits per heavy atom. The number of furan rings is 1. The molecule has 24 heavy (non-hydrogen) atoms. The number of rotatable bonds is 7. The van der Waals surface area contributed by atoms with E-state index < -0.39 is 0 Å². The molecule has 1 aromatic heterocycles. The van der Waals surface area contributed by atoms with E-state index in [2.05, 4.69) is 47.2 Å². The second kappa shape index (κ2) is 14.6. The Morgan fingerprint density at radius 2 is 1.62 bits per heavy atom. The number of halogens is 1. The molecule has 0 fully saturated rings. The van der Waals surface area contributed by atoms with Gasteiger partial charge in [-0.3, -0.25) is 0 Å². The van der Waals surface area contributed by atoms with Crippen LogP contribution < -0.4 is 5.32 Å². The molecule has 0 saturated heterocycles. The summed E-state index contributed by atoms with van der Waals surface area (Å²) in [7, 11) is 0. The summed E-state index contributed by atoms with van der Waals surface area (Å²) in [5.74, 6) is 3.04. The van der Waals surface area contributed by atoms with Gasteiger partial charge in [0.25, 0.3) is 0 Å². The van der Waals surface area contributed by atoms with Gasteiger partial charge in [0.1, 0.15) is 11.5 Å². The van der Waals surface area contributed by atoms with Gasteiger partial charge in [0, 0.05) is 22.3 Å². The Kier molecular flexibility index (Phi) is 14.2. The fourth-order valence-electron chi connectivity index (χ4n) is 1.82. The topological polar surface area (TPSA) is 25.2 Å². The molecule has 0 radical (unpaired) electrons. The highest BCUT2D eigenvalue weighted by Crippen LogP contribution is 2.23. The summed E-state index contributed by atoms with van der Waals surface area (Å²) >= 11 is 5.41. The molecule has 0 amide bonds. The SMILES string of the molecule is CC.CC.CC(C)SCCNCc1ccc(-c2ccc(Br)cc2)o1. The molecule has 0 aliphatic heterocycles. The maximum absolute atomic E-state index is 5.85. The van der Waals surface area contributed by atoms with Crippen LogP contribution in [-0.4, -0.2) is 17.5 Å². The number of benzene rings is 1. The molecule has 136 valence electrons. The minimum atomic E-state index is 0.699. The van der Waals surface area contributed by atoms with E-state index in [1.807, 2.05) is 63.7 Å². The smallest absolute Gasteiger partial charge is 0.134 e. The van der Waals surface area contributed by atoms with Gasteiger partial charge < -0.3 is 9.73 Å². The molecular weight excluding hydrogens is 382 g/mol. The molecule has 2 nitrogen and oxygen atoms in total. The highest BCUT2D eigenvalue weighted by molar-refractivity contribution is 9.10. The lowest BCUT2D eigenvalue weighted by molar-refractivity contribution is 0.499. The summed E-state index contributed by atoms with van der Waals surface area (Å²) in [6, 6.07) is 12.2. The van der Waals surface area contributed by atoms with Gasteiger partial charge in [-0.2, -0.15) is 11.8 Å². The quantitative estimate of drug-likeness (QED) is 0.494. The third-order valence-corrected chi connectivity index (χ3v) is 4.45. The maximum atomic E-state index is 5.85. The van der Waals surface area contributed by atoms with Crippen molar-refractivity contribution in [1.29, 1.82) is 0 Å². The molecule has 0 spiro atoms. The molecule has 0 aliphatic carbocycles. The van der Waals surface area contributed by atoms with Gasteiger partial charge in [-0.05, 0) is 29.5 Å². The first-order valence-electron chi connectivity index (χ1n) is 8.82. The Hall–Kier alpha value is -0.710. The third kappa shape index (κ3) is 9.55. The molecule has 2 aromatic rings. The Morgan fingerprint density at radius 3 is 2.21 bits per heavy atom. The van der Waals surface area contributed by atoms with Gasteiger partial charge in [-0.1, -0.05) is 69.6 Å². The van der Waals surface area contributed by atoms with E-state index in [0.717, 1.165) is 40.4 Å². The molecule has 0 saturated carbocycles. The van der Waals surface area contributed by atoms with E-state index in [-0.39, 0.29) is 0 Å². The van der Waals surface area contributed by atoms with Crippen molar-refractivity contribution >= 4 is 27.7 Å². The molecule has 2 rings (SSSR count). The maximum Gasteiger partial charge on any atom is 0.134 e. The van der Waals surface area contributed by atoms with Crippen LogP contribution in [0.15, 0.2) is 45.3 Å². The zero-order chi connectivity index (χ0) is 18.4. The van der Waals surface area contributed by atoms with Gasteiger partial charge in [-0.15, -0.1) is 0 Å². The lowest BCUT2D eigenvalue weighted by atomic mass is 10.2. The lowest BCUT2D eigenvalue weighted by Gasteiger charge is -2.05. The molecule has 0 unspecified atom stereocenters. The Balaban J connectivity index is 0.00000123. The van der Waals surface area contributed by atoms with E-state index >= 15 is 0 Å². The molecule has 4 heteroatoms. The highest BCUT2D eigenvalue weighted by Gasteiger charge is 2.04. The summed E-state index contributed by atoms with van der Waals surface area (Å²) in [6.07, 6.45) is 0. The molecular formula is C20H32BrNOS. The zero-order valence-electron chi connectivity index (χ0n) is 15.9. The van der Waals surface area contributed by atoms with Gasteiger partial charge in [0.2, 0.25) is 0 Å². The van der Waals surface area contributed by atoms with Crippen LogP contribution >= 0.6 is 27.7 Å². The minimum absolute atomic E-state index is 0.699. The molecule has 0 aliphatic rings. The van der Waals surface area contributed by atoms with E-state index in [1.165, 1.54) is 0 Å². The summed E-state index contributed by atoms with van der Waals surface area (Å²) in [6.45, 7) is 14.2. The average Bonchev–Trinajstić information content (AvgIpc) is 3.07. The number of thioether (sulfide) groups is 1. The van der Waals surface area contributed by atoms with Crippen LogP contribution in [0.25, 0.3) is 11.3 Å². The van der Waals surface area contributed by atoms with Crippen LogP contribution in [0.4, 0.5) is 0 Å². The highest BCUT2D eigenvalue weighted by atomic mass is 79.9. The fraction of sp³-hybridized carbons (Fsp3) is 0.500. The summed E-state index contributed by atoms with van der Waals surface area (Å²) < 4.78 is 6.93. The van der Waals surface area contributed by atoms with Crippen molar-refractivity contribution < 1.29 is 4.42 Å². The van der Waals surface area contributed by atoms with E-state index in [4.69, 9.17) is 4.42 Å². The van der Waals surface area contributed by atoms with Crippen molar-refractivity contribution in [2.75, 3.05) is 12.3 Å². The predicted molar refractivity (Wildman–Crippen MR) is 114 cm³/mol. The van der Waals surface area contributed by atoms with Crippen LogP contribution in [-0.2, 0) is 6.54 Å². The number of nitrogens with one attached hydrogen (secondary N) is 1. The first-order chi connectivity index (χ1) is 11.6. The first kappa shape index (κ1) is 23.3. The third-order valence-electron chi connectivity index (χ3n) is 2.82. The van der Waals surface area contributed by atoms with E-state index in [9.17, 15) is 0 Å². The Labute approximate surface area is 160 Å². The molecule has 1 aromatic carbocycles. The standard InChI is InChI=1S/C16H20BrNOS.2C2H6/c1-12(2)20-10-9-18-11-15-7-8-16(19-15)13-3-5-14(17)6-4-13;2*1-2/h3-8,12,18H,9-11H2,1-2H3;2*1-2H3. The summed E-state index contributed by atoms with van der Waals surface area (Å²) in [5, 5.41) is 4.11. The van der Waals surface area contributed by atoms with Crippen molar-refractivity contribution in [3.63, 3.8) is 0 Å². The van der Waals surface area contributed by atoms with Crippen molar-refractivity contribution in [2.45, 2.75) is 53.3 Å². The van der Waals surface area contributed by atoms with Crippen molar-refractivity contribution in [1.82, 2.24) is 5.32 Å². The van der Waals surface area contributed by atoms with Gasteiger partial charge >= 0.3 is 0 Å². The lowest BCUT2D eigenvalue weighted by Crippen LogP contribution is -2.16. The number of hydrogen-bond donors (Lipinski definition) is 1. The van der Waals surface area contributed by atoms with Crippen molar-refractivity contribution in [3.8, 4) is 11.3 Å². The second-order valence-electron chi connectivity index (χ2n) is 4.87. The van der Waals surface area contributed by atoms with Gasteiger partial charge in [-0.25, -0.2) is 0 Å². The van der Waals surface area contributed by atoms with Gasteiger partial charge in [0.05, 0.1) is 6.54 Å². The van der Waals surface area contributed by atoms with Gasteiger partial charge in [0.15, 0.2) is 0 Å². The van der Waals surface area contributed by atoms with Crippen LogP contribution in [0.2, 0.25) is 0 Å². The average molecular weight is 414 g/mol. The fourth-order valence-corrected chi connectivity index (χ4v) is 2.82. The largest absolute Gasteiger partial charge is 0.460 e. The molecule has 1 heterocycles. The molecule has 0 atom stereocenters. The predicted octanol–water partition coefficient (Wildman–Crippen LogP) is 6.99. The first-order valence-corrected chi connectivity index (χ1v) is 10.7. The normalized spacial score (nSPS) is 9.83. The summed E-state index contributed by atoms with van der Waals surface area (Å²) in [5.41, 5.74) is 1.11. The van der Waals surface area contributed by atoms with E-state index in [1.54, 1.807) is 0 Å². The molecule has 1 N–H and O–H groups in total. The molecule has 0 bridgehead atoms. The van der Waals surface area contributed by atoms with E-state index in [0.29, 0.717) is 5.25 Å². The Bertz CT molecular complexity index is 523. The minimum Gasteiger partial charge on any atom is -0.460 e. The number of hydrogen-bond acceptors (Lipinski definition) is 3. The van der Waals surface area contributed by atoms with Crippen LogP contribution in [0.5, 0.6) is 0 Å². The monoisotopic (exact) mass is 413 g/mol. The van der Waals surface area contributed by atoms with Crippen LogP contribution in [0, 0.1) is 0 Å². The van der Waals surface area contributed by atoms with Crippen LogP contribution in [0.3, 0.4) is 0 Å². The second-order valence-corrected chi connectivity index (χ2v) is 7.47. The van der Waals surface area contributed by atoms with Crippen LogP contribution in [0.1, 0.15) is 47.3 Å².